The van der Waals surface area contributed by atoms with Crippen molar-refractivity contribution in [3.8, 4) is 5.75 Å². The van der Waals surface area contributed by atoms with Crippen molar-refractivity contribution >= 4 is 40.5 Å². The van der Waals surface area contributed by atoms with E-state index in [1.807, 2.05) is 36.4 Å². The number of halogens is 1. The summed E-state index contributed by atoms with van der Waals surface area (Å²) in [7, 11) is 1.63. The molecule has 0 radical (unpaired) electrons. The molecule has 3 aromatic rings. The van der Waals surface area contributed by atoms with Crippen molar-refractivity contribution < 1.29 is 9.53 Å². The van der Waals surface area contributed by atoms with E-state index in [0.717, 1.165) is 22.8 Å². The number of carbonyl (C=O) groups is 1. The maximum atomic E-state index is 12.9. The second-order valence-electron chi connectivity index (χ2n) is 8.14. The van der Waals surface area contributed by atoms with E-state index in [1.54, 1.807) is 19.2 Å². The van der Waals surface area contributed by atoms with Crippen LogP contribution in [0.3, 0.4) is 0 Å². The van der Waals surface area contributed by atoms with Gasteiger partial charge in [0.25, 0.3) is 0 Å². The second kappa shape index (κ2) is 7.95. The summed E-state index contributed by atoms with van der Waals surface area (Å²) in [5.74, 6) is 1.75. The Balaban J connectivity index is 1.73. The molecule has 1 aliphatic rings. The third-order valence-electron chi connectivity index (χ3n) is 5.00. The Bertz CT molecular complexity index is 1080. The van der Waals surface area contributed by atoms with E-state index in [-0.39, 0.29) is 11.2 Å². The van der Waals surface area contributed by atoms with Gasteiger partial charge in [0.15, 0.2) is 5.78 Å². The van der Waals surface area contributed by atoms with E-state index < -0.39 is 0 Å². The molecule has 0 unspecified atom stereocenters. The Labute approximate surface area is 180 Å². The largest absolute Gasteiger partial charge is 0.497 e. The molecule has 7 heteroatoms. The fourth-order valence-corrected chi connectivity index (χ4v) is 3.71. The molecule has 0 saturated carbocycles. The number of methoxy groups -OCH3 is 1. The molecule has 30 heavy (non-hydrogen) atoms. The monoisotopic (exact) mass is 422 g/mol. The standard InChI is InChI=1S/C23H23ClN4O2/c1-23(2)12-18-20(19(29)13-23)21(25-15-6-4-14(24)5-7-15)28-22(27-18)26-16-8-10-17(30-3)11-9-16/h4-11H,12-13H2,1-3H3,(H2,25,26,27,28). The van der Waals surface area contributed by atoms with Gasteiger partial charge >= 0.3 is 0 Å². The van der Waals surface area contributed by atoms with Crippen LogP contribution < -0.4 is 15.4 Å². The molecule has 1 heterocycles. The Hall–Kier alpha value is -3.12. The molecule has 0 amide bonds. The average Bonchev–Trinajstić information content (AvgIpc) is 2.69. The molecule has 0 bridgehead atoms. The van der Waals surface area contributed by atoms with Gasteiger partial charge in [-0.2, -0.15) is 4.98 Å². The lowest BCUT2D eigenvalue weighted by molar-refractivity contribution is 0.0911. The summed E-state index contributed by atoms with van der Waals surface area (Å²) in [5, 5.41) is 7.15. The number of nitrogens with zero attached hydrogens (tertiary/aromatic N) is 2. The first-order valence-electron chi connectivity index (χ1n) is 9.71. The molecule has 0 spiro atoms. The van der Waals surface area contributed by atoms with Gasteiger partial charge in [0.1, 0.15) is 11.6 Å². The average molecular weight is 423 g/mol. The van der Waals surface area contributed by atoms with Crippen LogP contribution in [-0.4, -0.2) is 22.9 Å². The maximum absolute atomic E-state index is 12.9. The van der Waals surface area contributed by atoms with E-state index in [9.17, 15) is 4.79 Å². The number of rotatable bonds is 5. The lowest BCUT2D eigenvalue weighted by atomic mass is 9.75. The quantitative estimate of drug-likeness (QED) is 0.542. The van der Waals surface area contributed by atoms with Gasteiger partial charge in [0, 0.05) is 22.8 Å². The highest BCUT2D eigenvalue weighted by atomic mass is 35.5. The molecule has 4 rings (SSSR count). The van der Waals surface area contributed by atoms with Gasteiger partial charge in [-0.15, -0.1) is 0 Å². The number of anilines is 4. The summed E-state index contributed by atoms with van der Waals surface area (Å²) in [6.45, 7) is 4.16. The number of ether oxygens (including phenoxy) is 1. The van der Waals surface area contributed by atoms with E-state index in [0.29, 0.717) is 35.2 Å². The zero-order valence-corrected chi connectivity index (χ0v) is 17.9. The van der Waals surface area contributed by atoms with Crippen LogP contribution in [-0.2, 0) is 6.42 Å². The molecule has 0 atom stereocenters. The topological polar surface area (TPSA) is 76.1 Å². The van der Waals surface area contributed by atoms with Gasteiger partial charge in [-0.05, 0) is 60.4 Å². The van der Waals surface area contributed by atoms with Crippen molar-refractivity contribution in [2.24, 2.45) is 5.41 Å². The summed E-state index contributed by atoms with van der Waals surface area (Å²) in [4.78, 5) is 22.2. The van der Waals surface area contributed by atoms with Crippen LogP contribution in [0.5, 0.6) is 5.75 Å². The third kappa shape index (κ3) is 4.39. The van der Waals surface area contributed by atoms with Crippen LogP contribution in [0.15, 0.2) is 48.5 Å². The summed E-state index contributed by atoms with van der Waals surface area (Å²) < 4.78 is 5.21. The molecule has 0 fully saturated rings. The second-order valence-corrected chi connectivity index (χ2v) is 8.58. The van der Waals surface area contributed by atoms with Crippen molar-refractivity contribution in [3.63, 3.8) is 0 Å². The minimum absolute atomic E-state index is 0.0497. The van der Waals surface area contributed by atoms with Crippen LogP contribution in [0, 0.1) is 5.41 Å². The Morgan fingerprint density at radius 1 is 0.933 bits per heavy atom. The first-order chi connectivity index (χ1) is 14.3. The number of carbonyl (C=O) groups excluding carboxylic acids is 1. The lowest BCUT2D eigenvalue weighted by Gasteiger charge is -2.30. The number of Topliss-reactive ketones (excluding diaryl/α,β-unsaturated/α-hetero) is 1. The highest BCUT2D eigenvalue weighted by Gasteiger charge is 2.35. The lowest BCUT2D eigenvalue weighted by Crippen LogP contribution is -2.29. The minimum Gasteiger partial charge on any atom is -0.497 e. The van der Waals surface area contributed by atoms with Crippen molar-refractivity contribution in [1.82, 2.24) is 9.97 Å². The fourth-order valence-electron chi connectivity index (χ4n) is 3.59. The van der Waals surface area contributed by atoms with E-state index in [2.05, 4.69) is 34.4 Å². The number of benzene rings is 2. The van der Waals surface area contributed by atoms with E-state index in [1.165, 1.54) is 0 Å². The maximum Gasteiger partial charge on any atom is 0.229 e. The summed E-state index contributed by atoms with van der Waals surface area (Å²) >= 11 is 6.00. The predicted molar refractivity (Wildman–Crippen MR) is 119 cm³/mol. The van der Waals surface area contributed by atoms with Crippen molar-refractivity contribution in [3.05, 3.63) is 64.8 Å². The number of nitrogens with one attached hydrogen (secondary N) is 2. The van der Waals surface area contributed by atoms with Crippen LogP contribution in [0.1, 0.15) is 36.3 Å². The van der Waals surface area contributed by atoms with Crippen LogP contribution in [0.2, 0.25) is 5.02 Å². The first-order valence-corrected chi connectivity index (χ1v) is 10.1. The SMILES string of the molecule is COc1ccc(Nc2nc3c(c(Nc4ccc(Cl)cc4)n2)C(=O)CC(C)(C)C3)cc1. The molecule has 0 saturated heterocycles. The summed E-state index contributed by atoms with van der Waals surface area (Å²) in [6.07, 6.45) is 1.16. The highest BCUT2D eigenvalue weighted by molar-refractivity contribution is 6.30. The van der Waals surface area contributed by atoms with Crippen LogP contribution in [0.25, 0.3) is 0 Å². The van der Waals surface area contributed by atoms with Crippen LogP contribution >= 0.6 is 11.6 Å². The van der Waals surface area contributed by atoms with E-state index >= 15 is 0 Å². The summed E-state index contributed by atoms with van der Waals surface area (Å²) in [5.41, 5.74) is 2.79. The Morgan fingerprint density at radius 2 is 1.57 bits per heavy atom. The molecular weight excluding hydrogens is 400 g/mol. The number of fused-ring (bicyclic) bond motifs is 1. The molecule has 1 aliphatic carbocycles. The van der Waals surface area contributed by atoms with Crippen molar-refractivity contribution in [2.75, 3.05) is 17.7 Å². The Morgan fingerprint density at radius 3 is 2.23 bits per heavy atom. The molecule has 1 aromatic heterocycles. The van der Waals surface area contributed by atoms with Crippen molar-refractivity contribution in [1.29, 1.82) is 0 Å². The first kappa shape index (κ1) is 20.2. The smallest absolute Gasteiger partial charge is 0.229 e. The normalized spacial score (nSPS) is 14.7. The Kier molecular flexibility index (Phi) is 5.35. The molecule has 2 aromatic carbocycles. The number of hydrogen-bond acceptors (Lipinski definition) is 6. The molecular formula is C23H23ClN4O2. The van der Waals surface area contributed by atoms with Gasteiger partial charge in [0.05, 0.1) is 18.4 Å². The van der Waals surface area contributed by atoms with Gasteiger partial charge in [-0.1, -0.05) is 25.4 Å². The van der Waals surface area contributed by atoms with E-state index in [4.69, 9.17) is 16.3 Å². The summed E-state index contributed by atoms with van der Waals surface area (Å²) in [6, 6.07) is 14.8. The highest BCUT2D eigenvalue weighted by Crippen LogP contribution is 2.38. The molecule has 6 nitrogen and oxygen atoms in total. The van der Waals surface area contributed by atoms with Crippen molar-refractivity contribution in [2.45, 2.75) is 26.7 Å². The minimum atomic E-state index is -0.145. The molecule has 2 N–H and O–H groups in total. The molecule has 0 aliphatic heterocycles. The zero-order chi connectivity index (χ0) is 21.3. The number of hydrogen-bond donors (Lipinski definition) is 2. The number of ketones is 1. The molecule has 154 valence electrons. The van der Waals surface area contributed by atoms with Gasteiger partial charge in [0.2, 0.25) is 5.95 Å². The van der Waals surface area contributed by atoms with Gasteiger partial charge in [-0.25, -0.2) is 4.98 Å². The predicted octanol–water partition coefficient (Wildman–Crippen LogP) is 5.78. The van der Waals surface area contributed by atoms with Gasteiger partial charge in [-0.3, -0.25) is 4.79 Å². The van der Waals surface area contributed by atoms with Crippen LogP contribution in [0.4, 0.5) is 23.1 Å². The third-order valence-corrected chi connectivity index (χ3v) is 5.25. The van der Waals surface area contributed by atoms with Gasteiger partial charge < -0.3 is 15.4 Å². The number of aromatic nitrogens is 2. The fraction of sp³-hybridized carbons (Fsp3) is 0.261. The zero-order valence-electron chi connectivity index (χ0n) is 17.1.